The molecule has 0 aromatic heterocycles. The summed E-state index contributed by atoms with van der Waals surface area (Å²) >= 11 is 6.01. The van der Waals surface area contributed by atoms with Gasteiger partial charge in [0.25, 0.3) is 10.0 Å². The molecule has 130 valence electrons. The second kappa shape index (κ2) is 6.38. The van der Waals surface area contributed by atoms with Crippen LogP contribution in [0.2, 0.25) is 5.02 Å². The van der Waals surface area contributed by atoms with Crippen molar-refractivity contribution < 1.29 is 18.0 Å². The van der Waals surface area contributed by atoms with E-state index in [0.29, 0.717) is 16.4 Å². The number of benzene rings is 2. The normalized spacial score (nSPS) is 14.2. The molecule has 0 bridgehead atoms. The van der Waals surface area contributed by atoms with Crippen molar-refractivity contribution in [3.8, 4) is 0 Å². The molecule has 7 nitrogen and oxygen atoms in total. The first-order chi connectivity index (χ1) is 11.7. The van der Waals surface area contributed by atoms with Crippen LogP contribution in [0.5, 0.6) is 0 Å². The van der Waals surface area contributed by atoms with Crippen LogP contribution < -0.4 is 15.4 Å². The highest BCUT2D eigenvalue weighted by Crippen LogP contribution is 2.29. The van der Waals surface area contributed by atoms with Gasteiger partial charge in [0.05, 0.1) is 22.0 Å². The molecular formula is C16H14ClN3O4S. The van der Waals surface area contributed by atoms with Gasteiger partial charge in [0, 0.05) is 5.02 Å². The van der Waals surface area contributed by atoms with E-state index in [4.69, 9.17) is 11.6 Å². The highest BCUT2D eigenvalue weighted by molar-refractivity contribution is 7.92. The molecular weight excluding hydrogens is 366 g/mol. The van der Waals surface area contributed by atoms with Gasteiger partial charge in [0.1, 0.15) is 6.42 Å². The Morgan fingerprint density at radius 1 is 1.00 bits per heavy atom. The van der Waals surface area contributed by atoms with E-state index in [0.717, 1.165) is 5.56 Å². The number of nitrogens with one attached hydrogen (secondary N) is 3. The van der Waals surface area contributed by atoms with Gasteiger partial charge in [-0.1, -0.05) is 17.7 Å². The molecule has 0 saturated carbocycles. The van der Waals surface area contributed by atoms with Gasteiger partial charge in [-0.05, 0) is 42.8 Å². The lowest BCUT2D eigenvalue weighted by atomic mass is 10.2. The van der Waals surface area contributed by atoms with E-state index in [1.165, 1.54) is 24.3 Å². The minimum Gasteiger partial charge on any atom is -0.324 e. The number of aryl methyl sites for hydroxylation is 1. The Labute approximate surface area is 149 Å². The van der Waals surface area contributed by atoms with Crippen molar-refractivity contribution in [2.45, 2.75) is 18.2 Å². The molecule has 2 aromatic carbocycles. The van der Waals surface area contributed by atoms with Gasteiger partial charge in [0.2, 0.25) is 11.8 Å². The summed E-state index contributed by atoms with van der Waals surface area (Å²) in [6, 6.07) is 8.87. The Balaban J connectivity index is 1.94. The van der Waals surface area contributed by atoms with Crippen molar-refractivity contribution in [1.29, 1.82) is 0 Å². The van der Waals surface area contributed by atoms with Crippen LogP contribution in [-0.4, -0.2) is 20.2 Å². The van der Waals surface area contributed by atoms with Crippen LogP contribution in [0.15, 0.2) is 41.3 Å². The number of rotatable bonds is 3. The number of anilines is 3. The third-order valence-corrected chi connectivity index (χ3v) is 5.38. The van der Waals surface area contributed by atoms with Crippen LogP contribution in [0.4, 0.5) is 17.1 Å². The molecule has 0 unspecified atom stereocenters. The fourth-order valence-electron chi connectivity index (χ4n) is 2.31. The minimum atomic E-state index is -3.89. The molecule has 1 aliphatic heterocycles. The van der Waals surface area contributed by atoms with Gasteiger partial charge in [-0.2, -0.15) is 0 Å². The molecule has 2 aromatic rings. The van der Waals surface area contributed by atoms with E-state index in [9.17, 15) is 18.0 Å². The fourth-order valence-corrected chi connectivity index (χ4v) is 3.56. The smallest absolute Gasteiger partial charge is 0.261 e. The number of carbonyl (C=O) groups excluding carboxylic acids is 2. The molecule has 0 spiro atoms. The number of carbonyl (C=O) groups is 2. The third-order valence-electron chi connectivity index (χ3n) is 3.59. The third kappa shape index (κ3) is 3.75. The average Bonchev–Trinajstić information content (AvgIpc) is 2.66. The van der Waals surface area contributed by atoms with Crippen molar-refractivity contribution in [3.63, 3.8) is 0 Å². The highest BCUT2D eigenvalue weighted by atomic mass is 35.5. The van der Waals surface area contributed by atoms with Crippen LogP contribution in [0, 0.1) is 6.92 Å². The summed E-state index contributed by atoms with van der Waals surface area (Å²) in [5, 5.41) is 5.49. The number of amides is 2. The fraction of sp³-hybridized carbons (Fsp3) is 0.125. The quantitative estimate of drug-likeness (QED) is 0.713. The summed E-state index contributed by atoms with van der Waals surface area (Å²) in [5.41, 5.74) is 1.71. The lowest BCUT2D eigenvalue weighted by molar-refractivity contribution is -0.123. The molecule has 2 amide bonds. The lowest BCUT2D eigenvalue weighted by Crippen LogP contribution is -2.16. The summed E-state index contributed by atoms with van der Waals surface area (Å²) in [6.45, 7) is 1.81. The van der Waals surface area contributed by atoms with Crippen molar-refractivity contribution in [3.05, 3.63) is 47.0 Å². The van der Waals surface area contributed by atoms with Crippen LogP contribution >= 0.6 is 11.6 Å². The van der Waals surface area contributed by atoms with Gasteiger partial charge < -0.3 is 10.6 Å². The van der Waals surface area contributed by atoms with Crippen LogP contribution in [-0.2, 0) is 19.6 Å². The van der Waals surface area contributed by atoms with E-state index < -0.39 is 21.8 Å². The molecule has 0 radical (unpaired) electrons. The molecule has 25 heavy (non-hydrogen) atoms. The molecule has 1 heterocycles. The number of hydrogen-bond acceptors (Lipinski definition) is 4. The largest absolute Gasteiger partial charge is 0.324 e. The molecule has 0 aliphatic carbocycles. The SMILES string of the molecule is Cc1ccc(NS(=O)(=O)c2ccc3c(c2)NC(=O)CC(=O)N3)cc1Cl. The maximum absolute atomic E-state index is 12.6. The van der Waals surface area contributed by atoms with E-state index in [1.54, 1.807) is 12.1 Å². The Kier molecular flexibility index (Phi) is 4.40. The summed E-state index contributed by atoms with van der Waals surface area (Å²) < 4.78 is 27.6. The summed E-state index contributed by atoms with van der Waals surface area (Å²) in [4.78, 5) is 23.1. The van der Waals surface area contributed by atoms with Crippen molar-refractivity contribution in [2.24, 2.45) is 0 Å². The van der Waals surface area contributed by atoms with E-state index in [-0.39, 0.29) is 17.0 Å². The molecule has 3 rings (SSSR count). The van der Waals surface area contributed by atoms with Crippen LogP contribution in [0.3, 0.4) is 0 Å². The maximum atomic E-state index is 12.6. The van der Waals surface area contributed by atoms with Crippen LogP contribution in [0.1, 0.15) is 12.0 Å². The van der Waals surface area contributed by atoms with Gasteiger partial charge in [-0.25, -0.2) is 8.42 Å². The lowest BCUT2D eigenvalue weighted by Gasteiger charge is -2.12. The summed E-state index contributed by atoms with van der Waals surface area (Å²) in [5.74, 6) is -0.969. The molecule has 0 atom stereocenters. The zero-order chi connectivity index (χ0) is 18.2. The summed E-state index contributed by atoms with van der Waals surface area (Å²) in [7, 11) is -3.89. The van der Waals surface area contributed by atoms with Gasteiger partial charge in [-0.15, -0.1) is 0 Å². The Morgan fingerprint density at radius 2 is 1.68 bits per heavy atom. The van der Waals surface area contributed by atoms with Gasteiger partial charge >= 0.3 is 0 Å². The average molecular weight is 380 g/mol. The zero-order valence-corrected chi connectivity index (χ0v) is 14.7. The first-order valence-corrected chi connectivity index (χ1v) is 9.13. The number of fused-ring (bicyclic) bond motifs is 1. The van der Waals surface area contributed by atoms with E-state index >= 15 is 0 Å². The highest BCUT2D eigenvalue weighted by Gasteiger charge is 2.22. The van der Waals surface area contributed by atoms with E-state index in [2.05, 4.69) is 15.4 Å². The number of sulfonamides is 1. The first-order valence-electron chi connectivity index (χ1n) is 7.27. The zero-order valence-electron chi connectivity index (χ0n) is 13.1. The van der Waals surface area contributed by atoms with Gasteiger partial charge in [0.15, 0.2) is 0 Å². The Morgan fingerprint density at radius 3 is 2.36 bits per heavy atom. The number of halogens is 1. The molecule has 1 aliphatic rings. The Bertz CT molecular complexity index is 989. The monoisotopic (exact) mass is 379 g/mol. The minimum absolute atomic E-state index is 0.0561. The number of hydrogen-bond donors (Lipinski definition) is 3. The van der Waals surface area contributed by atoms with Gasteiger partial charge in [-0.3, -0.25) is 14.3 Å². The molecule has 0 fully saturated rings. The maximum Gasteiger partial charge on any atom is 0.261 e. The predicted octanol–water partition coefficient (Wildman–Crippen LogP) is 2.73. The van der Waals surface area contributed by atoms with E-state index in [1.807, 2.05) is 6.92 Å². The molecule has 3 N–H and O–H groups in total. The van der Waals surface area contributed by atoms with Crippen molar-refractivity contribution in [2.75, 3.05) is 15.4 Å². The topological polar surface area (TPSA) is 104 Å². The van der Waals surface area contributed by atoms with Crippen LogP contribution in [0.25, 0.3) is 0 Å². The standard InChI is InChI=1S/C16H14ClN3O4S/c1-9-2-3-10(6-12(9)17)20-25(23,24)11-4-5-13-14(7-11)19-16(22)8-15(21)18-13/h2-7,20H,8H2,1H3,(H,18,21)(H,19,22). The molecule has 9 heteroatoms. The van der Waals surface area contributed by atoms with Crippen molar-refractivity contribution in [1.82, 2.24) is 0 Å². The first kappa shape index (κ1) is 17.2. The summed E-state index contributed by atoms with van der Waals surface area (Å²) in [6.07, 6.45) is -0.323. The second-order valence-electron chi connectivity index (χ2n) is 5.55. The second-order valence-corrected chi connectivity index (χ2v) is 7.64. The Hall–Kier alpha value is -2.58. The van der Waals surface area contributed by atoms with Crippen molar-refractivity contribution >= 4 is 50.5 Å². The molecule has 0 saturated heterocycles. The predicted molar refractivity (Wildman–Crippen MR) is 95.3 cm³/mol.